The van der Waals surface area contributed by atoms with Gasteiger partial charge in [0.25, 0.3) is 0 Å². The molecule has 1 aliphatic rings. The molecule has 0 radical (unpaired) electrons. The lowest BCUT2D eigenvalue weighted by atomic mass is 9.98. The Morgan fingerprint density at radius 2 is 2.23 bits per heavy atom. The van der Waals surface area contributed by atoms with Crippen molar-refractivity contribution in [2.24, 2.45) is 5.92 Å². The van der Waals surface area contributed by atoms with E-state index in [0.29, 0.717) is 29.8 Å². The lowest BCUT2D eigenvalue weighted by Gasteiger charge is -2.37. The number of hydrogen-bond donors (Lipinski definition) is 4. The van der Waals surface area contributed by atoms with Crippen LogP contribution in [0.3, 0.4) is 0 Å². The van der Waals surface area contributed by atoms with E-state index in [-0.39, 0.29) is 11.5 Å². The number of nitrogens with zero attached hydrogens (tertiary/aromatic N) is 4. The normalized spacial score (nSPS) is 18.7. The Hall–Kier alpha value is -2.03. The van der Waals surface area contributed by atoms with Crippen LogP contribution in [-0.2, 0) is 0 Å². The molecule has 2 aromatic rings. The molecular weight excluding hydrogens is 359 g/mol. The molecule has 1 saturated heterocycles. The Morgan fingerprint density at radius 1 is 1.42 bits per heavy atom. The monoisotopic (exact) mass is 380 g/mol. The van der Waals surface area contributed by atoms with Crippen LogP contribution in [0.15, 0.2) is 18.5 Å². The summed E-state index contributed by atoms with van der Waals surface area (Å²) in [5, 5.41) is 9.72. The van der Waals surface area contributed by atoms with Crippen molar-refractivity contribution in [1.82, 2.24) is 19.4 Å². The van der Waals surface area contributed by atoms with Gasteiger partial charge in [0.15, 0.2) is 0 Å². The highest BCUT2D eigenvalue weighted by Gasteiger charge is 2.24. The summed E-state index contributed by atoms with van der Waals surface area (Å²) in [6.45, 7) is 1.89. The molecule has 1 aromatic heterocycles. The highest BCUT2D eigenvalue weighted by molar-refractivity contribution is 8.20. The average Bonchev–Trinajstić information content (AvgIpc) is 2.65. The molecule has 26 heavy (non-hydrogen) atoms. The molecular formula is C16H21FN6O2S. The smallest absolute Gasteiger partial charge is 0.143 e. The number of fused-ring (bicyclic) bond motifs is 1. The first-order valence-corrected chi connectivity index (χ1v) is 9.79. The summed E-state index contributed by atoms with van der Waals surface area (Å²) in [5.41, 5.74) is 0.419. The first kappa shape index (κ1) is 18.8. The zero-order valence-electron chi connectivity index (χ0n) is 14.3. The number of halogens is 1. The molecule has 1 fully saturated rings. The van der Waals surface area contributed by atoms with Crippen molar-refractivity contribution in [1.29, 1.82) is 5.26 Å². The molecule has 1 atom stereocenters. The maximum atomic E-state index is 13.8. The van der Waals surface area contributed by atoms with Crippen molar-refractivity contribution in [2.45, 2.75) is 12.8 Å². The van der Waals surface area contributed by atoms with Gasteiger partial charge in [-0.15, -0.1) is 0 Å². The zero-order chi connectivity index (χ0) is 18.7. The number of piperidine rings is 1. The van der Waals surface area contributed by atoms with E-state index in [4.69, 9.17) is 5.26 Å². The van der Waals surface area contributed by atoms with Crippen LogP contribution in [0.2, 0.25) is 0 Å². The highest BCUT2D eigenvalue weighted by atomic mass is 32.3. The van der Waals surface area contributed by atoms with Crippen LogP contribution in [0.5, 0.6) is 0 Å². The number of nitriles is 1. The minimum Gasteiger partial charge on any atom is -0.356 e. The first-order valence-electron chi connectivity index (χ1n) is 8.24. The summed E-state index contributed by atoms with van der Waals surface area (Å²) in [5.74, 6) is 0.267. The molecule has 10 heteroatoms. The third-order valence-electron chi connectivity index (χ3n) is 4.50. The minimum absolute atomic E-state index is 0.0354. The second-order valence-electron chi connectivity index (χ2n) is 6.21. The second kappa shape index (κ2) is 7.69. The maximum Gasteiger partial charge on any atom is 0.143 e. The van der Waals surface area contributed by atoms with Crippen molar-refractivity contribution < 1.29 is 13.5 Å². The Morgan fingerprint density at radius 3 is 2.96 bits per heavy atom. The summed E-state index contributed by atoms with van der Waals surface area (Å²) < 4.78 is 38.4. The molecule has 1 aliphatic heterocycles. The number of anilines is 1. The molecule has 4 N–H and O–H groups in total. The Kier molecular flexibility index (Phi) is 5.55. The number of benzene rings is 1. The molecule has 1 unspecified atom stereocenters. The molecule has 0 spiro atoms. The van der Waals surface area contributed by atoms with Gasteiger partial charge in [0.2, 0.25) is 0 Å². The summed E-state index contributed by atoms with van der Waals surface area (Å²) in [6, 6.07) is 4.59. The van der Waals surface area contributed by atoms with E-state index in [1.54, 1.807) is 0 Å². The van der Waals surface area contributed by atoms with Gasteiger partial charge in [-0.3, -0.25) is 9.11 Å². The fourth-order valence-electron chi connectivity index (χ4n) is 3.13. The van der Waals surface area contributed by atoms with Crippen molar-refractivity contribution in [3.8, 4) is 6.07 Å². The van der Waals surface area contributed by atoms with Crippen LogP contribution >= 0.6 is 11.0 Å². The lowest BCUT2D eigenvalue weighted by molar-refractivity contribution is 0.393. The summed E-state index contributed by atoms with van der Waals surface area (Å²) in [4.78, 5) is 10.5. The van der Waals surface area contributed by atoms with Gasteiger partial charge >= 0.3 is 0 Å². The Bertz CT molecular complexity index is 843. The van der Waals surface area contributed by atoms with Crippen molar-refractivity contribution in [3.63, 3.8) is 0 Å². The molecule has 8 nitrogen and oxygen atoms in total. The lowest BCUT2D eigenvalue weighted by Crippen LogP contribution is -2.42. The van der Waals surface area contributed by atoms with Gasteiger partial charge in [-0.1, -0.05) is 11.0 Å². The quantitative estimate of drug-likeness (QED) is 0.624. The van der Waals surface area contributed by atoms with Crippen LogP contribution in [0.4, 0.5) is 10.2 Å². The third-order valence-corrected chi connectivity index (χ3v) is 5.64. The number of hydrogen-bond acceptors (Lipinski definition) is 8. The third kappa shape index (κ3) is 4.03. The van der Waals surface area contributed by atoms with E-state index in [0.717, 1.165) is 19.4 Å². The fourth-order valence-corrected chi connectivity index (χ4v) is 3.74. The van der Waals surface area contributed by atoms with E-state index >= 15 is 0 Å². The topological polar surface area (TPSA) is 117 Å². The Balaban J connectivity index is 1.83. The molecule has 1 aromatic carbocycles. The van der Waals surface area contributed by atoms with E-state index < -0.39 is 16.8 Å². The zero-order valence-corrected chi connectivity index (χ0v) is 15.1. The van der Waals surface area contributed by atoms with E-state index in [1.807, 2.05) is 6.07 Å². The van der Waals surface area contributed by atoms with Crippen LogP contribution in [0, 0.1) is 23.1 Å². The molecule has 140 valence electrons. The van der Waals surface area contributed by atoms with Gasteiger partial charge in [0.05, 0.1) is 11.1 Å². The molecule has 0 saturated carbocycles. The van der Waals surface area contributed by atoms with Crippen molar-refractivity contribution >= 4 is 27.7 Å². The van der Waals surface area contributed by atoms with Gasteiger partial charge in [-0.25, -0.2) is 23.8 Å². The number of aromatic nitrogens is 2. The summed E-state index contributed by atoms with van der Waals surface area (Å²) >= 11 is 0. The standard InChI is InChI=1S/C16H21FN6O2S/c1-19-26(24,25)22-8-11-3-2-4-23(9-11)16-13-5-12(7-18)14(17)6-15(13)20-10-21-16/h5-6,10-11,19,22,24-25H,2-4,8-9H2,1H3. The van der Waals surface area contributed by atoms with Gasteiger partial charge in [0.1, 0.15) is 24.0 Å². The fraction of sp³-hybridized carbons (Fsp3) is 0.438. The summed E-state index contributed by atoms with van der Waals surface area (Å²) in [7, 11) is -1.49. The number of nitrogens with one attached hydrogen (secondary N) is 2. The SMILES string of the molecule is CNS(O)(O)NCC1CCCN(c2ncnc3cc(F)c(C#N)cc23)C1. The van der Waals surface area contributed by atoms with Gasteiger partial charge in [-0.2, -0.15) is 5.26 Å². The highest BCUT2D eigenvalue weighted by Crippen LogP contribution is 2.31. The van der Waals surface area contributed by atoms with Crippen molar-refractivity contribution in [2.75, 3.05) is 31.6 Å². The second-order valence-corrected chi connectivity index (χ2v) is 8.01. The average molecular weight is 380 g/mol. The maximum absolute atomic E-state index is 13.8. The largest absolute Gasteiger partial charge is 0.356 e. The van der Waals surface area contributed by atoms with Gasteiger partial charge in [-0.05, 0) is 24.8 Å². The molecule has 3 rings (SSSR count). The van der Waals surface area contributed by atoms with Crippen LogP contribution in [-0.4, -0.2) is 45.8 Å². The van der Waals surface area contributed by atoms with Crippen LogP contribution < -0.4 is 14.3 Å². The molecule has 0 aliphatic carbocycles. The molecule has 2 heterocycles. The van der Waals surface area contributed by atoms with Crippen LogP contribution in [0.1, 0.15) is 18.4 Å². The predicted molar refractivity (Wildman–Crippen MR) is 99.1 cm³/mol. The van der Waals surface area contributed by atoms with Crippen molar-refractivity contribution in [3.05, 3.63) is 29.8 Å². The molecule has 0 bridgehead atoms. The Labute approximate surface area is 152 Å². The molecule has 0 amide bonds. The first-order chi connectivity index (χ1) is 12.4. The van der Waals surface area contributed by atoms with E-state index in [9.17, 15) is 13.5 Å². The number of rotatable bonds is 5. The van der Waals surface area contributed by atoms with Crippen LogP contribution in [0.25, 0.3) is 10.9 Å². The summed E-state index contributed by atoms with van der Waals surface area (Å²) in [6.07, 6.45) is 3.26. The van der Waals surface area contributed by atoms with Gasteiger partial charge in [0, 0.05) is 38.1 Å². The van der Waals surface area contributed by atoms with E-state index in [1.165, 1.54) is 25.5 Å². The minimum atomic E-state index is -2.97. The predicted octanol–water partition coefficient (Wildman–Crippen LogP) is 2.25. The van der Waals surface area contributed by atoms with Gasteiger partial charge < -0.3 is 4.90 Å². The van der Waals surface area contributed by atoms with E-state index in [2.05, 4.69) is 24.3 Å².